The second kappa shape index (κ2) is 8.90. The summed E-state index contributed by atoms with van der Waals surface area (Å²) in [6, 6.07) is 1.68. The lowest BCUT2D eigenvalue weighted by Gasteiger charge is -2.47. The van der Waals surface area contributed by atoms with Crippen LogP contribution < -0.4 is 10.5 Å². The lowest BCUT2D eigenvalue weighted by atomic mass is 10.0. The number of carbonyl (C=O) groups is 1. The first kappa shape index (κ1) is 23.1. The van der Waals surface area contributed by atoms with Gasteiger partial charge in [0, 0.05) is 39.4 Å². The van der Waals surface area contributed by atoms with Crippen LogP contribution in [0, 0.1) is 0 Å². The van der Waals surface area contributed by atoms with Crippen molar-refractivity contribution in [3.8, 4) is 0 Å². The van der Waals surface area contributed by atoms with E-state index in [-0.39, 0.29) is 23.7 Å². The average Bonchev–Trinajstić information content (AvgIpc) is 3.12. The molecule has 0 spiro atoms. The van der Waals surface area contributed by atoms with Crippen molar-refractivity contribution in [3.63, 3.8) is 0 Å². The number of carbonyl (C=O) groups excluding carboxylic acids is 1. The molecule has 9 heteroatoms. The Kier molecular flexibility index (Phi) is 6.64. The first-order valence-electron chi connectivity index (χ1n) is 10.9. The Balaban J connectivity index is 2.01. The van der Waals surface area contributed by atoms with Gasteiger partial charge in [-0.2, -0.15) is 0 Å². The molecule has 172 valence electrons. The van der Waals surface area contributed by atoms with Crippen LogP contribution >= 0.6 is 0 Å². The maximum Gasteiger partial charge on any atom is 0.410 e. The number of rotatable bonds is 5. The van der Waals surface area contributed by atoms with Gasteiger partial charge in [0.25, 0.3) is 5.56 Å². The summed E-state index contributed by atoms with van der Waals surface area (Å²) in [6.07, 6.45) is 3.16. The highest BCUT2D eigenvalue weighted by Crippen LogP contribution is 2.29. The number of methoxy groups -OCH3 is 1. The summed E-state index contributed by atoms with van der Waals surface area (Å²) in [5.41, 5.74) is 1.62. The van der Waals surface area contributed by atoms with Gasteiger partial charge in [0.2, 0.25) is 0 Å². The Bertz CT molecular complexity index is 990. The zero-order valence-electron chi connectivity index (χ0n) is 19.7. The number of hydrogen-bond acceptors (Lipinski definition) is 6. The zero-order valence-corrected chi connectivity index (χ0v) is 19.7. The molecule has 3 rings (SSSR count). The van der Waals surface area contributed by atoms with Crippen LogP contribution in [-0.4, -0.2) is 63.1 Å². The van der Waals surface area contributed by atoms with Crippen LogP contribution in [0.3, 0.4) is 0 Å². The lowest BCUT2D eigenvalue weighted by molar-refractivity contribution is 0.00989. The molecule has 9 nitrogen and oxygen atoms in total. The van der Waals surface area contributed by atoms with Gasteiger partial charge in [0.05, 0.1) is 30.2 Å². The Labute approximate surface area is 183 Å². The van der Waals surface area contributed by atoms with Gasteiger partial charge in [-0.15, -0.1) is 0 Å². The maximum atomic E-state index is 12.9. The van der Waals surface area contributed by atoms with Crippen molar-refractivity contribution in [1.82, 2.24) is 19.1 Å². The second-order valence-corrected chi connectivity index (χ2v) is 9.13. The standard InChI is InChI=1S/C22H35N5O4/c1-8-16-13-26(21(29)31-22(3,4)5)17(9-2)12-25(16)18-10-19(28)24(6)27-11-15(14-30-7)23-20(18)27/h10-11,16-17H,8-9,12-14H2,1-7H3/t16-,17+/m0/s1. The van der Waals surface area contributed by atoms with E-state index in [1.54, 1.807) is 29.4 Å². The molecule has 0 aromatic carbocycles. The Hall–Kier alpha value is -2.55. The molecule has 0 aliphatic carbocycles. The van der Waals surface area contributed by atoms with Crippen LogP contribution in [0.5, 0.6) is 0 Å². The molecule has 1 aliphatic heterocycles. The van der Waals surface area contributed by atoms with Crippen LogP contribution in [0.25, 0.3) is 5.65 Å². The van der Waals surface area contributed by atoms with E-state index in [1.165, 1.54) is 0 Å². The summed E-state index contributed by atoms with van der Waals surface area (Å²) in [5.74, 6) is 0. The number of amides is 1. The fourth-order valence-electron chi connectivity index (χ4n) is 4.12. The van der Waals surface area contributed by atoms with Crippen LogP contribution in [0.15, 0.2) is 17.1 Å². The third-order valence-corrected chi connectivity index (χ3v) is 5.74. The zero-order chi connectivity index (χ0) is 22.9. The summed E-state index contributed by atoms with van der Waals surface area (Å²) in [6.45, 7) is 11.3. The monoisotopic (exact) mass is 433 g/mol. The molecule has 2 aromatic rings. The highest BCUT2D eigenvalue weighted by atomic mass is 16.6. The molecule has 2 atom stereocenters. The molecule has 0 unspecified atom stereocenters. The molecule has 1 saturated heterocycles. The van der Waals surface area contributed by atoms with E-state index in [2.05, 4.69) is 18.7 Å². The highest BCUT2D eigenvalue weighted by Gasteiger charge is 2.38. The Morgan fingerprint density at radius 1 is 1.19 bits per heavy atom. The largest absolute Gasteiger partial charge is 0.444 e. The molecular formula is C22H35N5O4. The van der Waals surface area contributed by atoms with Crippen LogP contribution in [0.4, 0.5) is 10.5 Å². The molecule has 2 aromatic heterocycles. The molecule has 1 fully saturated rings. The smallest absolute Gasteiger partial charge is 0.410 e. The van der Waals surface area contributed by atoms with Crippen molar-refractivity contribution >= 4 is 17.4 Å². The summed E-state index contributed by atoms with van der Waals surface area (Å²) in [7, 11) is 3.35. The van der Waals surface area contributed by atoms with E-state index in [1.807, 2.05) is 31.9 Å². The first-order chi connectivity index (χ1) is 14.6. The molecule has 0 saturated carbocycles. The molecule has 31 heavy (non-hydrogen) atoms. The summed E-state index contributed by atoms with van der Waals surface area (Å²) in [5, 5.41) is 0. The minimum Gasteiger partial charge on any atom is -0.444 e. The van der Waals surface area contributed by atoms with E-state index in [4.69, 9.17) is 14.5 Å². The topological polar surface area (TPSA) is 81.3 Å². The van der Waals surface area contributed by atoms with Gasteiger partial charge in [-0.3, -0.25) is 4.79 Å². The quantitative estimate of drug-likeness (QED) is 0.721. The number of hydrogen-bond donors (Lipinski definition) is 0. The fourth-order valence-corrected chi connectivity index (χ4v) is 4.12. The summed E-state index contributed by atoms with van der Waals surface area (Å²) in [4.78, 5) is 34.4. The lowest BCUT2D eigenvalue weighted by Crippen LogP contribution is -2.60. The predicted octanol–water partition coefficient (Wildman–Crippen LogP) is 2.79. The van der Waals surface area contributed by atoms with E-state index < -0.39 is 5.60 Å². The average molecular weight is 434 g/mol. The van der Waals surface area contributed by atoms with Crippen molar-refractivity contribution in [1.29, 1.82) is 0 Å². The molecule has 0 N–H and O–H groups in total. The number of aromatic nitrogens is 3. The van der Waals surface area contributed by atoms with Crippen molar-refractivity contribution in [2.24, 2.45) is 7.05 Å². The third-order valence-electron chi connectivity index (χ3n) is 5.74. The van der Waals surface area contributed by atoms with Gasteiger partial charge in [-0.25, -0.2) is 19.0 Å². The molecule has 1 aliphatic rings. The molecule has 0 bridgehead atoms. The first-order valence-corrected chi connectivity index (χ1v) is 10.9. The molecular weight excluding hydrogens is 398 g/mol. The normalized spacial score (nSPS) is 19.8. The van der Waals surface area contributed by atoms with E-state index in [9.17, 15) is 9.59 Å². The number of imidazole rings is 1. The van der Waals surface area contributed by atoms with Crippen LogP contribution in [0.1, 0.15) is 53.2 Å². The molecule has 3 heterocycles. The number of fused-ring (bicyclic) bond motifs is 1. The van der Waals surface area contributed by atoms with E-state index >= 15 is 0 Å². The van der Waals surface area contributed by atoms with Crippen molar-refractivity contribution in [2.45, 2.75) is 71.8 Å². The Morgan fingerprint density at radius 3 is 2.45 bits per heavy atom. The van der Waals surface area contributed by atoms with Gasteiger partial charge < -0.3 is 19.3 Å². The maximum absolute atomic E-state index is 12.9. The van der Waals surface area contributed by atoms with Gasteiger partial charge in [0.15, 0.2) is 5.65 Å². The predicted molar refractivity (Wildman–Crippen MR) is 120 cm³/mol. The number of ether oxygens (including phenoxy) is 2. The number of piperazine rings is 1. The minimum absolute atomic E-state index is 0.0184. The van der Waals surface area contributed by atoms with Gasteiger partial charge in [0.1, 0.15) is 5.60 Å². The fraction of sp³-hybridized carbons (Fsp3) is 0.682. The summed E-state index contributed by atoms with van der Waals surface area (Å²) < 4.78 is 14.2. The highest BCUT2D eigenvalue weighted by molar-refractivity contribution is 5.72. The molecule has 0 radical (unpaired) electrons. The Morgan fingerprint density at radius 2 is 1.87 bits per heavy atom. The SMILES string of the molecule is CC[C@@H]1CN(c2cc(=O)n(C)n3cc(COC)nc23)[C@@H](CC)CN1C(=O)OC(C)(C)C. The second-order valence-electron chi connectivity index (χ2n) is 9.13. The van der Waals surface area contributed by atoms with Crippen LogP contribution in [0.2, 0.25) is 0 Å². The van der Waals surface area contributed by atoms with Crippen LogP contribution in [-0.2, 0) is 23.1 Å². The number of aryl methyl sites for hydroxylation is 1. The molecule has 1 amide bonds. The van der Waals surface area contributed by atoms with Gasteiger partial charge >= 0.3 is 6.09 Å². The van der Waals surface area contributed by atoms with Crippen molar-refractivity contribution in [3.05, 3.63) is 28.3 Å². The van der Waals surface area contributed by atoms with E-state index in [0.29, 0.717) is 25.3 Å². The summed E-state index contributed by atoms with van der Waals surface area (Å²) >= 11 is 0. The van der Waals surface area contributed by atoms with Crippen molar-refractivity contribution < 1.29 is 14.3 Å². The van der Waals surface area contributed by atoms with Crippen molar-refractivity contribution in [2.75, 3.05) is 25.1 Å². The van der Waals surface area contributed by atoms with E-state index in [0.717, 1.165) is 24.2 Å². The van der Waals surface area contributed by atoms with Gasteiger partial charge in [-0.1, -0.05) is 13.8 Å². The number of anilines is 1. The minimum atomic E-state index is -0.542. The third kappa shape index (κ3) is 4.71. The number of nitrogens with zero attached hydrogens (tertiary/aromatic N) is 5. The van der Waals surface area contributed by atoms with Gasteiger partial charge in [-0.05, 0) is 33.6 Å².